The highest BCUT2D eigenvalue weighted by Crippen LogP contribution is 2.16. The van der Waals surface area contributed by atoms with Crippen molar-refractivity contribution in [1.82, 2.24) is 0 Å². The van der Waals surface area contributed by atoms with E-state index in [9.17, 15) is 9.90 Å². The van der Waals surface area contributed by atoms with Gasteiger partial charge in [0.1, 0.15) is 12.0 Å². The predicted octanol–water partition coefficient (Wildman–Crippen LogP) is -0.425. The first-order chi connectivity index (χ1) is 4.67. The normalized spacial score (nSPS) is 38.0. The molecule has 0 aromatic heterocycles. The second-order valence-corrected chi connectivity index (χ2v) is 2.29. The molecule has 1 aliphatic rings. The number of nitrogens with two attached hydrogens (primary N) is 1. The molecule has 0 aromatic rings. The first kappa shape index (κ1) is 7.18. The zero-order valence-corrected chi connectivity index (χ0v) is 5.40. The highest BCUT2D eigenvalue weighted by molar-refractivity contribution is 5.60. The van der Waals surface area contributed by atoms with E-state index in [0.717, 1.165) is 0 Å². The van der Waals surface area contributed by atoms with E-state index in [4.69, 9.17) is 5.73 Å². The van der Waals surface area contributed by atoms with Crippen LogP contribution in [0.3, 0.4) is 0 Å². The summed E-state index contributed by atoms with van der Waals surface area (Å²) in [5.41, 5.74) is 3.83. The monoisotopic (exact) mass is 139 g/mol. The van der Waals surface area contributed by atoms with Gasteiger partial charge >= 0.3 is 0 Å². The van der Waals surface area contributed by atoms with Crippen LogP contribution in [0.15, 0.2) is 24.3 Å². The van der Waals surface area contributed by atoms with Crippen LogP contribution in [0.5, 0.6) is 0 Å². The first-order valence-electron chi connectivity index (χ1n) is 2.99. The lowest BCUT2D eigenvalue weighted by atomic mass is 9.94. The van der Waals surface area contributed by atoms with Crippen molar-refractivity contribution in [2.45, 2.75) is 5.72 Å². The van der Waals surface area contributed by atoms with E-state index in [2.05, 4.69) is 0 Å². The molecule has 0 saturated carbocycles. The predicted molar refractivity (Wildman–Crippen MR) is 37.0 cm³/mol. The number of carbonyl (C=O) groups is 1. The lowest BCUT2D eigenvalue weighted by Crippen LogP contribution is -2.46. The standard InChI is InChI=1S/C7H9NO2/c8-7(10)4-2-1-3-6(7)5-9/h1-6,10H,8H2. The molecule has 10 heavy (non-hydrogen) atoms. The summed E-state index contributed by atoms with van der Waals surface area (Å²) >= 11 is 0. The van der Waals surface area contributed by atoms with Gasteiger partial charge in [-0.15, -0.1) is 0 Å². The quantitative estimate of drug-likeness (QED) is 0.383. The maximum Gasteiger partial charge on any atom is 0.146 e. The molecule has 0 aromatic carbocycles. The van der Waals surface area contributed by atoms with Crippen LogP contribution in [-0.4, -0.2) is 17.1 Å². The van der Waals surface area contributed by atoms with Crippen LogP contribution in [0.25, 0.3) is 0 Å². The minimum atomic E-state index is -1.49. The van der Waals surface area contributed by atoms with Gasteiger partial charge in [-0.2, -0.15) is 0 Å². The Labute approximate surface area is 58.8 Å². The Morgan fingerprint density at radius 1 is 1.60 bits per heavy atom. The van der Waals surface area contributed by atoms with Gasteiger partial charge in [0.05, 0.1) is 5.92 Å². The largest absolute Gasteiger partial charge is 0.371 e. The topological polar surface area (TPSA) is 63.3 Å². The molecule has 0 heterocycles. The van der Waals surface area contributed by atoms with Gasteiger partial charge in [0, 0.05) is 0 Å². The molecule has 0 fully saturated rings. The van der Waals surface area contributed by atoms with Gasteiger partial charge in [-0.05, 0) is 6.08 Å². The van der Waals surface area contributed by atoms with Crippen molar-refractivity contribution in [2.75, 3.05) is 0 Å². The molecule has 0 radical (unpaired) electrons. The minimum absolute atomic E-state index is 0.613. The first-order valence-corrected chi connectivity index (χ1v) is 2.99. The summed E-state index contributed by atoms with van der Waals surface area (Å²) in [6, 6.07) is 0. The number of carbonyl (C=O) groups excluding carboxylic acids is 1. The minimum Gasteiger partial charge on any atom is -0.371 e. The summed E-state index contributed by atoms with van der Waals surface area (Å²) in [4.78, 5) is 10.3. The third-order valence-corrected chi connectivity index (χ3v) is 1.47. The van der Waals surface area contributed by atoms with Crippen LogP contribution in [0.2, 0.25) is 0 Å². The average molecular weight is 139 g/mol. The van der Waals surface area contributed by atoms with Crippen molar-refractivity contribution in [1.29, 1.82) is 0 Å². The van der Waals surface area contributed by atoms with E-state index in [1.165, 1.54) is 6.08 Å². The number of aliphatic hydroxyl groups is 1. The SMILES string of the molecule is NC1(O)C=CC=CC1C=O. The highest BCUT2D eigenvalue weighted by atomic mass is 16.3. The molecule has 0 amide bonds. The van der Waals surface area contributed by atoms with Crippen molar-refractivity contribution in [3.8, 4) is 0 Å². The van der Waals surface area contributed by atoms with Crippen molar-refractivity contribution < 1.29 is 9.90 Å². The van der Waals surface area contributed by atoms with Gasteiger partial charge in [0.15, 0.2) is 0 Å². The lowest BCUT2D eigenvalue weighted by Gasteiger charge is -2.24. The maximum absolute atomic E-state index is 10.3. The highest BCUT2D eigenvalue weighted by Gasteiger charge is 2.28. The number of rotatable bonds is 1. The molecule has 2 unspecified atom stereocenters. The van der Waals surface area contributed by atoms with Crippen molar-refractivity contribution in [3.05, 3.63) is 24.3 Å². The van der Waals surface area contributed by atoms with E-state index >= 15 is 0 Å². The summed E-state index contributed by atoms with van der Waals surface area (Å²) in [7, 11) is 0. The van der Waals surface area contributed by atoms with Gasteiger partial charge in [-0.1, -0.05) is 18.2 Å². The Hall–Kier alpha value is -0.930. The Kier molecular flexibility index (Phi) is 1.70. The number of allylic oxidation sites excluding steroid dienone is 2. The van der Waals surface area contributed by atoms with Crippen molar-refractivity contribution >= 4 is 6.29 Å². The number of hydrogen-bond donors (Lipinski definition) is 2. The van der Waals surface area contributed by atoms with Crippen LogP contribution in [0, 0.1) is 5.92 Å². The van der Waals surface area contributed by atoms with Gasteiger partial charge in [-0.25, -0.2) is 0 Å². The Balaban J connectivity index is 2.84. The zero-order valence-electron chi connectivity index (χ0n) is 5.40. The number of aldehydes is 1. The zero-order chi connectivity index (χ0) is 7.61. The van der Waals surface area contributed by atoms with Crippen LogP contribution in [0.4, 0.5) is 0 Å². The molecule has 0 bridgehead atoms. The molecular weight excluding hydrogens is 130 g/mol. The van der Waals surface area contributed by atoms with Gasteiger partial charge in [0.25, 0.3) is 0 Å². The summed E-state index contributed by atoms with van der Waals surface area (Å²) in [5.74, 6) is -0.613. The summed E-state index contributed by atoms with van der Waals surface area (Å²) in [6.45, 7) is 0. The second kappa shape index (κ2) is 2.36. The molecule has 1 aliphatic carbocycles. The van der Waals surface area contributed by atoms with E-state index in [1.54, 1.807) is 18.2 Å². The molecule has 0 spiro atoms. The number of hydrogen-bond acceptors (Lipinski definition) is 3. The maximum atomic E-state index is 10.3. The van der Waals surface area contributed by atoms with Crippen LogP contribution < -0.4 is 5.73 Å². The molecule has 2 atom stereocenters. The van der Waals surface area contributed by atoms with Gasteiger partial charge in [0.2, 0.25) is 0 Å². The average Bonchev–Trinajstić information content (AvgIpc) is 1.87. The Bertz CT molecular complexity index is 194. The van der Waals surface area contributed by atoms with Crippen molar-refractivity contribution in [3.63, 3.8) is 0 Å². The fraction of sp³-hybridized carbons (Fsp3) is 0.286. The van der Waals surface area contributed by atoms with Crippen LogP contribution in [0.1, 0.15) is 0 Å². The Morgan fingerprint density at radius 2 is 2.30 bits per heavy atom. The van der Waals surface area contributed by atoms with E-state index in [-0.39, 0.29) is 0 Å². The molecule has 3 heteroatoms. The second-order valence-electron chi connectivity index (χ2n) is 2.29. The molecule has 0 aliphatic heterocycles. The molecule has 54 valence electrons. The van der Waals surface area contributed by atoms with E-state index in [0.29, 0.717) is 6.29 Å². The molecule has 0 saturated heterocycles. The van der Waals surface area contributed by atoms with Gasteiger partial charge in [-0.3, -0.25) is 5.73 Å². The van der Waals surface area contributed by atoms with Crippen LogP contribution >= 0.6 is 0 Å². The van der Waals surface area contributed by atoms with E-state index in [1.807, 2.05) is 0 Å². The van der Waals surface area contributed by atoms with E-state index < -0.39 is 11.6 Å². The van der Waals surface area contributed by atoms with Crippen LogP contribution in [-0.2, 0) is 4.79 Å². The summed E-state index contributed by atoms with van der Waals surface area (Å²) in [6.07, 6.45) is 6.87. The molecular formula is C7H9NO2. The lowest BCUT2D eigenvalue weighted by molar-refractivity contribution is -0.114. The molecule has 3 N–H and O–H groups in total. The fourth-order valence-corrected chi connectivity index (χ4v) is 0.813. The van der Waals surface area contributed by atoms with Crippen molar-refractivity contribution in [2.24, 2.45) is 11.7 Å². The summed E-state index contributed by atoms with van der Waals surface area (Å²) in [5, 5.41) is 9.24. The smallest absolute Gasteiger partial charge is 0.146 e. The third kappa shape index (κ3) is 1.15. The molecule has 1 rings (SSSR count). The van der Waals surface area contributed by atoms with Gasteiger partial charge < -0.3 is 9.90 Å². The fourth-order valence-electron chi connectivity index (χ4n) is 0.813. The Morgan fingerprint density at radius 3 is 2.70 bits per heavy atom. The summed E-state index contributed by atoms with van der Waals surface area (Å²) < 4.78 is 0. The molecule has 3 nitrogen and oxygen atoms in total. The third-order valence-electron chi connectivity index (χ3n) is 1.47.